The van der Waals surface area contributed by atoms with Gasteiger partial charge in [0, 0.05) is 5.92 Å². The summed E-state index contributed by atoms with van der Waals surface area (Å²) in [4.78, 5) is 18.5. The molecule has 2 aromatic rings. The fraction of sp³-hybridized carbons (Fsp3) is 0.143. The molecular weight excluding hydrogens is 279 g/mol. The zero-order valence-corrected chi connectivity index (χ0v) is 11.8. The Kier molecular flexibility index (Phi) is 3.29. The molecule has 0 atom stereocenters. The molecule has 2 aromatic carbocycles. The molecule has 0 amide bonds. The van der Waals surface area contributed by atoms with Gasteiger partial charge in [0.2, 0.25) is 0 Å². The van der Waals surface area contributed by atoms with Crippen molar-refractivity contribution in [1.82, 2.24) is 0 Å². The first-order valence-corrected chi connectivity index (χ1v) is 8.57. The minimum Gasteiger partial charge on any atom is -0.325 e. The van der Waals surface area contributed by atoms with Crippen molar-refractivity contribution in [3.8, 4) is 11.1 Å². The van der Waals surface area contributed by atoms with Crippen LogP contribution in [0.4, 0.5) is 0 Å². The highest BCUT2D eigenvalue weighted by molar-refractivity contribution is 8.06. The zero-order valence-electron chi connectivity index (χ0n) is 10.1. The molecule has 0 saturated heterocycles. The van der Waals surface area contributed by atoms with Gasteiger partial charge in [-0.2, -0.15) is 0 Å². The van der Waals surface area contributed by atoms with Crippen LogP contribution in [0.15, 0.2) is 48.5 Å². The van der Waals surface area contributed by atoms with Crippen LogP contribution in [0, 0.1) is 0 Å². The third-order valence-corrected chi connectivity index (χ3v) is 4.17. The van der Waals surface area contributed by atoms with E-state index < -0.39 is 6.72 Å². The SMILES string of the molecule is OP(O)(=S)OCC1c2ccccc2-c2ccccc21. The van der Waals surface area contributed by atoms with Crippen LogP contribution in [-0.4, -0.2) is 16.4 Å². The van der Waals surface area contributed by atoms with Gasteiger partial charge in [-0.15, -0.1) is 0 Å². The van der Waals surface area contributed by atoms with Crippen molar-refractivity contribution >= 4 is 18.5 Å². The van der Waals surface area contributed by atoms with Crippen molar-refractivity contribution in [2.45, 2.75) is 5.92 Å². The average Bonchev–Trinajstić information content (AvgIpc) is 2.70. The summed E-state index contributed by atoms with van der Waals surface area (Å²) in [5.74, 6) is 0.00836. The summed E-state index contributed by atoms with van der Waals surface area (Å²) in [6, 6.07) is 16.2. The summed E-state index contributed by atoms with van der Waals surface area (Å²) < 4.78 is 5.06. The molecule has 3 rings (SSSR count). The molecule has 1 aliphatic rings. The maximum absolute atomic E-state index is 9.23. The van der Waals surface area contributed by atoms with Gasteiger partial charge in [-0.05, 0) is 34.1 Å². The fourth-order valence-electron chi connectivity index (χ4n) is 2.61. The second-order valence-corrected chi connectivity index (χ2v) is 7.18. The van der Waals surface area contributed by atoms with E-state index in [4.69, 9.17) is 4.52 Å². The van der Waals surface area contributed by atoms with Gasteiger partial charge < -0.3 is 14.3 Å². The van der Waals surface area contributed by atoms with Crippen LogP contribution in [0.1, 0.15) is 17.0 Å². The molecule has 2 N–H and O–H groups in total. The van der Waals surface area contributed by atoms with Gasteiger partial charge in [-0.25, -0.2) is 0 Å². The standard InChI is InChI=1S/C14H13O3PS/c15-18(16,19)17-9-14-12-7-3-1-5-10(12)11-6-2-4-8-13(11)14/h1-8,14H,9H2,(H2,15,16,19). The molecule has 0 aromatic heterocycles. The van der Waals surface area contributed by atoms with Crippen molar-refractivity contribution in [3.63, 3.8) is 0 Å². The lowest BCUT2D eigenvalue weighted by Gasteiger charge is -2.15. The number of benzene rings is 2. The predicted octanol–water partition coefficient (Wildman–Crippen LogP) is 3.02. The number of hydrogen-bond acceptors (Lipinski definition) is 2. The van der Waals surface area contributed by atoms with Crippen LogP contribution in [0.3, 0.4) is 0 Å². The molecule has 0 bridgehead atoms. The molecule has 0 heterocycles. The smallest absolute Gasteiger partial charge is 0.321 e. The topological polar surface area (TPSA) is 49.7 Å². The largest absolute Gasteiger partial charge is 0.325 e. The van der Waals surface area contributed by atoms with Crippen molar-refractivity contribution < 1.29 is 14.3 Å². The van der Waals surface area contributed by atoms with Crippen LogP contribution >= 0.6 is 6.72 Å². The molecule has 5 heteroatoms. The monoisotopic (exact) mass is 292 g/mol. The second kappa shape index (κ2) is 4.82. The Morgan fingerprint density at radius 3 is 1.89 bits per heavy atom. The summed E-state index contributed by atoms with van der Waals surface area (Å²) in [5, 5.41) is 0. The zero-order chi connectivity index (χ0) is 13.5. The maximum atomic E-state index is 9.23. The molecule has 0 spiro atoms. The van der Waals surface area contributed by atoms with Crippen molar-refractivity contribution in [1.29, 1.82) is 0 Å². The minimum absolute atomic E-state index is 0.00836. The van der Waals surface area contributed by atoms with E-state index in [0.29, 0.717) is 0 Å². The highest BCUT2D eigenvalue weighted by atomic mass is 32.5. The third kappa shape index (κ3) is 2.50. The lowest BCUT2D eigenvalue weighted by molar-refractivity contribution is 0.244. The predicted molar refractivity (Wildman–Crippen MR) is 78.4 cm³/mol. The van der Waals surface area contributed by atoms with E-state index in [0.717, 1.165) is 11.1 Å². The minimum atomic E-state index is -3.61. The van der Waals surface area contributed by atoms with Gasteiger partial charge in [0.1, 0.15) is 0 Å². The van der Waals surface area contributed by atoms with Crippen LogP contribution in [-0.2, 0) is 16.3 Å². The van der Waals surface area contributed by atoms with E-state index in [1.165, 1.54) is 11.1 Å². The summed E-state index contributed by atoms with van der Waals surface area (Å²) in [6.07, 6.45) is 0. The Hall–Kier alpha value is -1.03. The summed E-state index contributed by atoms with van der Waals surface area (Å²) in [7, 11) is 0. The first-order chi connectivity index (χ1) is 9.06. The van der Waals surface area contributed by atoms with Crippen LogP contribution < -0.4 is 0 Å². The fourth-order valence-corrected chi connectivity index (χ4v) is 3.14. The first kappa shape index (κ1) is 13.0. The molecule has 0 fully saturated rings. The van der Waals surface area contributed by atoms with Gasteiger partial charge in [-0.3, -0.25) is 0 Å². The molecule has 0 unspecified atom stereocenters. The van der Waals surface area contributed by atoms with E-state index in [1.807, 2.05) is 36.4 Å². The normalized spacial score (nSPS) is 14.2. The summed E-state index contributed by atoms with van der Waals surface area (Å²) in [6.45, 7) is -3.42. The lowest BCUT2D eigenvalue weighted by atomic mass is 9.98. The van der Waals surface area contributed by atoms with E-state index in [9.17, 15) is 9.79 Å². The highest BCUT2D eigenvalue weighted by Gasteiger charge is 2.29. The van der Waals surface area contributed by atoms with Crippen molar-refractivity contribution in [3.05, 3.63) is 59.7 Å². The number of fused-ring (bicyclic) bond motifs is 3. The Morgan fingerprint density at radius 1 is 0.947 bits per heavy atom. The van der Waals surface area contributed by atoms with E-state index in [1.54, 1.807) is 0 Å². The van der Waals surface area contributed by atoms with Gasteiger partial charge >= 0.3 is 6.72 Å². The Morgan fingerprint density at radius 2 is 1.42 bits per heavy atom. The maximum Gasteiger partial charge on any atom is 0.321 e. The van der Waals surface area contributed by atoms with E-state index in [-0.39, 0.29) is 12.5 Å². The van der Waals surface area contributed by atoms with Gasteiger partial charge in [0.25, 0.3) is 0 Å². The molecule has 19 heavy (non-hydrogen) atoms. The number of hydrogen-bond donors (Lipinski definition) is 2. The highest BCUT2D eigenvalue weighted by Crippen LogP contribution is 2.47. The van der Waals surface area contributed by atoms with Crippen molar-refractivity contribution in [2.75, 3.05) is 6.61 Å². The molecule has 3 nitrogen and oxygen atoms in total. The summed E-state index contributed by atoms with van der Waals surface area (Å²) >= 11 is 4.52. The average molecular weight is 292 g/mol. The molecule has 0 radical (unpaired) electrons. The Bertz CT molecular complexity index is 620. The van der Waals surface area contributed by atoms with Crippen molar-refractivity contribution in [2.24, 2.45) is 0 Å². The van der Waals surface area contributed by atoms with Gasteiger partial charge in [-0.1, -0.05) is 48.5 Å². The van der Waals surface area contributed by atoms with Gasteiger partial charge in [0.05, 0.1) is 6.61 Å². The molecule has 1 aliphatic carbocycles. The molecular formula is C14H13O3PS. The first-order valence-electron chi connectivity index (χ1n) is 5.94. The Balaban J connectivity index is 2.03. The lowest BCUT2D eigenvalue weighted by Crippen LogP contribution is -2.05. The van der Waals surface area contributed by atoms with Crippen LogP contribution in [0.25, 0.3) is 11.1 Å². The molecule has 98 valence electrons. The van der Waals surface area contributed by atoms with E-state index in [2.05, 4.69) is 23.9 Å². The second-order valence-electron chi connectivity index (χ2n) is 4.51. The van der Waals surface area contributed by atoms with Gasteiger partial charge in [0.15, 0.2) is 0 Å². The Labute approximate surface area is 116 Å². The van der Waals surface area contributed by atoms with Crippen LogP contribution in [0.5, 0.6) is 0 Å². The third-order valence-electron chi connectivity index (χ3n) is 3.37. The van der Waals surface area contributed by atoms with E-state index >= 15 is 0 Å². The number of rotatable bonds is 3. The summed E-state index contributed by atoms with van der Waals surface area (Å²) in [5.41, 5.74) is 4.64. The quantitative estimate of drug-likeness (QED) is 0.854. The molecule has 0 saturated carbocycles. The molecule has 0 aliphatic heterocycles. The van der Waals surface area contributed by atoms with Crippen LogP contribution in [0.2, 0.25) is 0 Å².